The first-order valence-corrected chi connectivity index (χ1v) is 8.33. The van der Waals surface area contributed by atoms with Gasteiger partial charge in [-0.05, 0) is 42.2 Å². The van der Waals surface area contributed by atoms with E-state index in [-0.39, 0.29) is 12.8 Å². The second kappa shape index (κ2) is 6.80. The average molecular weight is 374 g/mol. The maximum atomic E-state index is 12.9. The number of halogens is 1. The van der Waals surface area contributed by atoms with E-state index in [0.29, 0.717) is 21.8 Å². The fourth-order valence-corrected chi connectivity index (χ4v) is 3.69. The highest BCUT2D eigenvalue weighted by Crippen LogP contribution is 2.46. The predicted molar refractivity (Wildman–Crippen MR) is 95.3 cm³/mol. The van der Waals surface area contributed by atoms with Gasteiger partial charge in [-0.2, -0.15) is 0 Å². The molecular formula is C19H16ClNO5. The van der Waals surface area contributed by atoms with Crippen molar-refractivity contribution < 1.29 is 24.6 Å². The lowest BCUT2D eigenvalue weighted by molar-refractivity contribution is -0.166. The number of hydrogen-bond donors (Lipinski definition) is 3. The van der Waals surface area contributed by atoms with Crippen molar-refractivity contribution in [2.75, 3.05) is 5.32 Å². The van der Waals surface area contributed by atoms with E-state index in [1.807, 2.05) is 0 Å². The minimum atomic E-state index is -2.07. The topological polar surface area (TPSA) is 104 Å². The van der Waals surface area contributed by atoms with E-state index in [4.69, 9.17) is 11.6 Å². The largest absolute Gasteiger partial charge is 0.480 e. The predicted octanol–water partition coefficient (Wildman–Crippen LogP) is 3.16. The van der Waals surface area contributed by atoms with Crippen LogP contribution in [0, 0.1) is 5.41 Å². The number of carboxylic acids is 2. The molecule has 0 heterocycles. The third-order valence-electron chi connectivity index (χ3n) is 4.71. The molecule has 26 heavy (non-hydrogen) atoms. The standard InChI is InChI=1S/C19H16ClNO5/c20-14-8-4-5-11-9-19(17(23)24,18(25)26)10-13(15(11)14)16(22)21-12-6-2-1-3-7-12/h1-8,13H,9-10H2,(H,21,22)(H,23,24)(H,25,26). The number of hydrogen-bond acceptors (Lipinski definition) is 3. The van der Waals surface area contributed by atoms with Gasteiger partial charge in [-0.25, -0.2) is 0 Å². The van der Waals surface area contributed by atoms with Crippen LogP contribution in [0.1, 0.15) is 23.5 Å². The van der Waals surface area contributed by atoms with E-state index in [0.717, 1.165) is 0 Å². The summed E-state index contributed by atoms with van der Waals surface area (Å²) < 4.78 is 0. The van der Waals surface area contributed by atoms with E-state index in [1.165, 1.54) is 0 Å². The third-order valence-corrected chi connectivity index (χ3v) is 5.04. The van der Waals surface area contributed by atoms with Crippen molar-refractivity contribution in [2.45, 2.75) is 18.8 Å². The first kappa shape index (κ1) is 17.9. The van der Waals surface area contributed by atoms with Crippen LogP contribution in [0.2, 0.25) is 5.02 Å². The summed E-state index contributed by atoms with van der Waals surface area (Å²) in [4.78, 5) is 36.4. The molecule has 1 aliphatic rings. The fourth-order valence-electron chi connectivity index (χ4n) is 3.37. The van der Waals surface area contributed by atoms with Gasteiger partial charge >= 0.3 is 11.9 Å². The minimum absolute atomic E-state index is 0.220. The van der Waals surface area contributed by atoms with Crippen molar-refractivity contribution >= 4 is 35.1 Å². The van der Waals surface area contributed by atoms with Crippen molar-refractivity contribution in [3.05, 3.63) is 64.7 Å². The molecule has 0 fully saturated rings. The lowest BCUT2D eigenvalue weighted by atomic mass is 9.66. The van der Waals surface area contributed by atoms with Gasteiger partial charge in [0.15, 0.2) is 5.41 Å². The van der Waals surface area contributed by atoms with Crippen molar-refractivity contribution in [3.63, 3.8) is 0 Å². The van der Waals surface area contributed by atoms with E-state index in [2.05, 4.69) is 5.32 Å². The highest BCUT2D eigenvalue weighted by Gasteiger charge is 2.53. The van der Waals surface area contributed by atoms with Crippen LogP contribution in [-0.4, -0.2) is 28.1 Å². The molecule has 7 heteroatoms. The number of rotatable bonds is 4. The molecule has 1 unspecified atom stereocenters. The zero-order valence-electron chi connectivity index (χ0n) is 13.6. The van der Waals surface area contributed by atoms with Gasteiger partial charge < -0.3 is 15.5 Å². The number of para-hydroxylation sites is 1. The van der Waals surface area contributed by atoms with Crippen molar-refractivity contribution in [1.82, 2.24) is 0 Å². The van der Waals surface area contributed by atoms with Gasteiger partial charge in [-0.1, -0.05) is 41.9 Å². The molecule has 2 aromatic rings. The van der Waals surface area contributed by atoms with E-state index >= 15 is 0 Å². The number of aliphatic carboxylic acids is 2. The van der Waals surface area contributed by atoms with Crippen LogP contribution >= 0.6 is 11.6 Å². The molecule has 1 aliphatic carbocycles. The molecule has 6 nitrogen and oxygen atoms in total. The Morgan fingerprint density at radius 3 is 2.27 bits per heavy atom. The van der Waals surface area contributed by atoms with E-state index < -0.39 is 29.2 Å². The zero-order chi connectivity index (χ0) is 18.9. The number of fused-ring (bicyclic) bond motifs is 1. The molecule has 0 radical (unpaired) electrons. The van der Waals surface area contributed by atoms with Crippen LogP contribution in [0.4, 0.5) is 5.69 Å². The first-order valence-electron chi connectivity index (χ1n) is 7.95. The van der Waals surface area contributed by atoms with Crippen LogP contribution in [0.15, 0.2) is 48.5 Å². The third kappa shape index (κ3) is 3.04. The Balaban J connectivity index is 2.06. The SMILES string of the molecule is O=C(Nc1ccccc1)C1CC(C(=O)O)(C(=O)O)Cc2cccc(Cl)c21. The number of amides is 1. The molecule has 0 saturated carbocycles. The molecule has 0 spiro atoms. The summed E-state index contributed by atoms with van der Waals surface area (Å²) in [7, 11) is 0. The lowest BCUT2D eigenvalue weighted by Crippen LogP contribution is -2.47. The van der Waals surface area contributed by atoms with Crippen LogP contribution in [0.3, 0.4) is 0 Å². The quantitative estimate of drug-likeness (QED) is 0.714. The summed E-state index contributed by atoms with van der Waals surface area (Å²) in [6, 6.07) is 13.5. The smallest absolute Gasteiger partial charge is 0.321 e. The Morgan fingerprint density at radius 1 is 1.00 bits per heavy atom. The number of anilines is 1. The fraction of sp³-hybridized carbons (Fsp3) is 0.211. The second-order valence-corrected chi connectivity index (χ2v) is 6.70. The van der Waals surface area contributed by atoms with Crippen LogP contribution < -0.4 is 5.32 Å². The summed E-state index contributed by atoms with van der Waals surface area (Å²) in [5, 5.41) is 22.2. The Morgan fingerprint density at radius 2 is 1.65 bits per heavy atom. The Bertz CT molecular complexity index is 867. The highest BCUT2D eigenvalue weighted by atomic mass is 35.5. The lowest BCUT2D eigenvalue weighted by Gasteiger charge is -2.35. The summed E-state index contributed by atoms with van der Waals surface area (Å²) in [6.45, 7) is 0. The van der Waals surface area contributed by atoms with Gasteiger partial charge in [0.1, 0.15) is 0 Å². The van der Waals surface area contributed by atoms with E-state index in [9.17, 15) is 24.6 Å². The van der Waals surface area contributed by atoms with Crippen LogP contribution in [0.5, 0.6) is 0 Å². The molecule has 0 saturated heterocycles. The second-order valence-electron chi connectivity index (χ2n) is 6.29. The Labute approximate surface area is 154 Å². The molecular weight excluding hydrogens is 358 g/mol. The van der Waals surface area contributed by atoms with Crippen molar-refractivity contribution in [3.8, 4) is 0 Å². The van der Waals surface area contributed by atoms with Gasteiger partial charge in [-0.3, -0.25) is 14.4 Å². The number of carbonyl (C=O) groups excluding carboxylic acids is 1. The Kier molecular flexibility index (Phi) is 4.70. The molecule has 3 rings (SSSR count). The summed E-state index contributed by atoms with van der Waals surface area (Å²) in [5.74, 6) is -4.40. The molecule has 0 aromatic heterocycles. The van der Waals surface area contributed by atoms with Gasteiger partial charge in [-0.15, -0.1) is 0 Å². The van der Waals surface area contributed by atoms with Crippen molar-refractivity contribution in [2.24, 2.45) is 5.41 Å². The summed E-state index contributed by atoms with van der Waals surface area (Å²) >= 11 is 6.26. The van der Waals surface area contributed by atoms with Gasteiger partial charge in [0.2, 0.25) is 5.91 Å². The number of nitrogens with one attached hydrogen (secondary N) is 1. The molecule has 1 amide bonds. The van der Waals surface area contributed by atoms with Gasteiger partial charge in [0.05, 0.1) is 5.92 Å². The average Bonchev–Trinajstić information content (AvgIpc) is 2.61. The molecule has 0 aliphatic heterocycles. The summed E-state index contributed by atoms with van der Waals surface area (Å²) in [5.41, 5.74) is -0.591. The number of benzene rings is 2. The minimum Gasteiger partial charge on any atom is -0.480 e. The van der Waals surface area contributed by atoms with Crippen molar-refractivity contribution in [1.29, 1.82) is 0 Å². The monoisotopic (exact) mass is 373 g/mol. The van der Waals surface area contributed by atoms with Crippen LogP contribution in [0.25, 0.3) is 0 Å². The maximum absolute atomic E-state index is 12.9. The maximum Gasteiger partial charge on any atom is 0.321 e. The molecule has 1 atom stereocenters. The first-order chi connectivity index (χ1) is 12.3. The number of carbonyl (C=O) groups is 3. The normalized spacial score (nSPS) is 17.8. The molecule has 134 valence electrons. The molecule has 0 bridgehead atoms. The van der Waals surface area contributed by atoms with Gasteiger partial charge in [0.25, 0.3) is 0 Å². The van der Waals surface area contributed by atoms with E-state index in [1.54, 1.807) is 48.5 Å². The highest BCUT2D eigenvalue weighted by molar-refractivity contribution is 6.32. The van der Waals surface area contributed by atoms with Gasteiger partial charge in [0, 0.05) is 10.7 Å². The number of carboxylic acid groups (broad SMARTS) is 2. The Hall–Kier alpha value is -2.86. The zero-order valence-corrected chi connectivity index (χ0v) is 14.4. The van der Waals surface area contributed by atoms with Crippen LogP contribution in [-0.2, 0) is 20.8 Å². The summed E-state index contributed by atoms with van der Waals surface area (Å²) in [6.07, 6.45) is -0.588. The molecule has 3 N–H and O–H groups in total. The molecule has 2 aromatic carbocycles.